The highest BCUT2D eigenvalue weighted by atomic mass is 16.1. The first-order valence-electron chi connectivity index (χ1n) is 12.4. The maximum absolute atomic E-state index is 12.9. The van der Waals surface area contributed by atoms with Crippen LogP contribution in [0.3, 0.4) is 0 Å². The molecule has 164 valence electrons. The smallest absolute Gasteiger partial charge is 0.133 e. The number of allylic oxidation sites excluding steroid dienone is 5. The van der Waals surface area contributed by atoms with Crippen LogP contribution in [0.25, 0.3) is 0 Å². The third kappa shape index (κ3) is 5.34. The predicted octanol–water partition coefficient (Wildman–Crippen LogP) is 7.26. The normalized spacial score (nSPS) is 23.4. The number of carbonyl (C=O) groups excluding carboxylic acids is 1. The van der Waals surface area contributed by atoms with Crippen molar-refractivity contribution in [1.82, 2.24) is 0 Å². The molecule has 1 aromatic carbocycles. The van der Waals surface area contributed by atoms with Gasteiger partial charge in [0.05, 0.1) is 5.71 Å². The van der Waals surface area contributed by atoms with E-state index in [1.54, 1.807) is 5.57 Å². The van der Waals surface area contributed by atoms with Gasteiger partial charge in [0.2, 0.25) is 0 Å². The molecular formula is C29H37NO. The molecule has 1 fully saturated rings. The minimum atomic E-state index is 0.441. The third-order valence-electron chi connectivity index (χ3n) is 7.47. The largest absolute Gasteiger partial charge is 0.300 e. The van der Waals surface area contributed by atoms with Gasteiger partial charge >= 0.3 is 0 Å². The Labute approximate surface area is 188 Å². The molecule has 0 radical (unpaired) electrons. The summed E-state index contributed by atoms with van der Waals surface area (Å²) < 4.78 is 0. The topological polar surface area (TPSA) is 29.4 Å². The van der Waals surface area contributed by atoms with Crippen molar-refractivity contribution in [3.8, 4) is 0 Å². The van der Waals surface area contributed by atoms with Gasteiger partial charge in [-0.25, -0.2) is 0 Å². The number of rotatable bonds is 7. The fraction of sp³-hybridized carbons (Fsp3) is 0.517. The van der Waals surface area contributed by atoms with Gasteiger partial charge in [-0.05, 0) is 86.5 Å². The van der Waals surface area contributed by atoms with Crippen molar-refractivity contribution in [2.75, 3.05) is 0 Å². The molecule has 2 aliphatic carbocycles. The fourth-order valence-electron chi connectivity index (χ4n) is 5.78. The zero-order valence-corrected chi connectivity index (χ0v) is 19.3. The van der Waals surface area contributed by atoms with E-state index in [9.17, 15) is 4.79 Å². The van der Waals surface area contributed by atoms with Crippen LogP contribution in [0.1, 0.15) is 81.4 Å². The second-order valence-corrected chi connectivity index (χ2v) is 9.60. The SMILES string of the molecule is CCc1cccc(C)c1CCC(=O)C[C@@H]1CCCC(C2=NC=CCC3=C2C=CCC3)C1. The molecule has 2 heteroatoms. The molecule has 2 nitrogen and oxygen atoms in total. The second-order valence-electron chi connectivity index (χ2n) is 9.60. The molecule has 1 heterocycles. The van der Waals surface area contributed by atoms with Crippen LogP contribution < -0.4 is 0 Å². The number of carbonyl (C=O) groups is 1. The molecule has 2 atom stereocenters. The average molecular weight is 416 g/mol. The Kier molecular flexibility index (Phi) is 7.37. The molecule has 1 aromatic rings. The van der Waals surface area contributed by atoms with Crippen molar-refractivity contribution in [2.45, 2.75) is 84.5 Å². The molecular weight excluding hydrogens is 378 g/mol. The van der Waals surface area contributed by atoms with Gasteiger partial charge in [-0.1, -0.05) is 55.3 Å². The standard InChI is InChI=1S/C29H37NO/c1-3-23-12-6-9-21(2)27(23)17-16-26(31)20-22-10-7-13-25(19-22)29-28-15-5-4-11-24(28)14-8-18-30-29/h5-6,8-9,12,15,18,22,25H,3-4,7,10-11,13-14,16-17,19-20H2,1-2H3/t22-,25?/m1/s1. The molecule has 31 heavy (non-hydrogen) atoms. The van der Waals surface area contributed by atoms with Gasteiger partial charge in [-0.15, -0.1) is 0 Å². The summed E-state index contributed by atoms with van der Waals surface area (Å²) in [6.45, 7) is 4.38. The molecule has 0 bridgehead atoms. The summed E-state index contributed by atoms with van der Waals surface area (Å²) in [5.41, 5.74) is 8.37. The number of aliphatic imine (C=N–C) groups is 1. The molecule has 0 N–H and O–H groups in total. The van der Waals surface area contributed by atoms with Crippen LogP contribution in [0.2, 0.25) is 0 Å². The van der Waals surface area contributed by atoms with E-state index >= 15 is 0 Å². The van der Waals surface area contributed by atoms with Crippen LogP contribution in [0, 0.1) is 18.8 Å². The second kappa shape index (κ2) is 10.4. The van der Waals surface area contributed by atoms with Gasteiger partial charge in [0.15, 0.2) is 0 Å². The van der Waals surface area contributed by atoms with E-state index < -0.39 is 0 Å². The first kappa shape index (κ1) is 22.0. The minimum absolute atomic E-state index is 0.441. The quantitative estimate of drug-likeness (QED) is 0.461. The lowest BCUT2D eigenvalue weighted by atomic mass is 9.74. The summed E-state index contributed by atoms with van der Waals surface area (Å²) in [5, 5.41) is 0. The van der Waals surface area contributed by atoms with Crippen molar-refractivity contribution in [2.24, 2.45) is 16.8 Å². The Morgan fingerprint density at radius 3 is 2.97 bits per heavy atom. The van der Waals surface area contributed by atoms with Crippen molar-refractivity contribution in [3.63, 3.8) is 0 Å². The lowest BCUT2D eigenvalue weighted by molar-refractivity contribution is -0.120. The minimum Gasteiger partial charge on any atom is -0.300 e. The molecule has 0 amide bonds. The van der Waals surface area contributed by atoms with Crippen molar-refractivity contribution >= 4 is 11.5 Å². The first-order chi connectivity index (χ1) is 15.2. The van der Waals surface area contributed by atoms with Crippen molar-refractivity contribution in [3.05, 3.63) is 70.5 Å². The maximum Gasteiger partial charge on any atom is 0.133 e. The van der Waals surface area contributed by atoms with E-state index in [1.807, 2.05) is 6.20 Å². The number of ketones is 1. The summed E-state index contributed by atoms with van der Waals surface area (Å²) in [6, 6.07) is 6.52. The molecule has 1 aliphatic heterocycles. The highest BCUT2D eigenvalue weighted by Crippen LogP contribution is 2.37. The molecule has 4 rings (SSSR count). The molecule has 0 spiro atoms. The summed E-state index contributed by atoms with van der Waals surface area (Å²) in [5.74, 6) is 1.46. The molecule has 1 unspecified atom stereocenters. The van der Waals surface area contributed by atoms with E-state index in [0.717, 1.165) is 38.5 Å². The number of aryl methyl sites for hydroxylation is 2. The summed E-state index contributed by atoms with van der Waals surface area (Å²) >= 11 is 0. The van der Waals surface area contributed by atoms with E-state index in [0.29, 0.717) is 24.0 Å². The summed E-state index contributed by atoms with van der Waals surface area (Å²) in [6.07, 6.45) is 20.3. The Bertz CT molecular complexity index is 930. The number of nitrogens with zero attached hydrogens (tertiary/aromatic N) is 1. The van der Waals surface area contributed by atoms with Crippen LogP contribution in [0.4, 0.5) is 0 Å². The van der Waals surface area contributed by atoms with E-state index in [2.05, 4.69) is 50.3 Å². The van der Waals surface area contributed by atoms with E-state index in [4.69, 9.17) is 4.99 Å². The van der Waals surface area contributed by atoms with Crippen LogP contribution in [0.15, 0.2) is 58.8 Å². The number of hydrogen-bond acceptors (Lipinski definition) is 2. The first-order valence-corrected chi connectivity index (χ1v) is 12.4. The lowest BCUT2D eigenvalue weighted by Gasteiger charge is -2.31. The third-order valence-corrected chi connectivity index (χ3v) is 7.47. The Balaban J connectivity index is 1.37. The molecule has 1 saturated carbocycles. The van der Waals surface area contributed by atoms with Crippen LogP contribution in [-0.4, -0.2) is 11.5 Å². The van der Waals surface area contributed by atoms with E-state index in [1.165, 1.54) is 53.7 Å². The average Bonchev–Trinajstić information content (AvgIpc) is 3.01. The fourth-order valence-corrected chi connectivity index (χ4v) is 5.78. The van der Waals surface area contributed by atoms with Gasteiger partial charge in [0.25, 0.3) is 0 Å². The van der Waals surface area contributed by atoms with Gasteiger partial charge in [0, 0.05) is 25.0 Å². The molecule has 3 aliphatic rings. The van der Waals surface area contributed by atoms with Crippen LogP contribution in [0.5, 0.6) is 0 Å². The lowest BCUT2D eigenvalue weighted by Crippen LogP contribution is -2.26. The molecule has 0 saturated heterocycles. The number of hydrogen-bond donors (Lipinski definition) is 0. The Hall–Kier alpha value is -2.22. The number of Topliss-reactive ketones (excluding diaryl/α,β-unsaturated/α-hetero) is 1. The maximum atomic E-state index is 12.9. The van der Waals surface area contributed by atoms with Crippen molar-refractivity contribution in [1.29, 1.82) is 0 Å². The van der Waals surface area contributed by atoms with Gasteiger partial charge in [-0.2, -0.15) is 0 Å². The van der Waals surface area contributed by atoms with Crippen molar-refractivity contribution < 1.29 is 4.79 Å². The monoisotopic (exact) mass is 415 g/mol. The number of benzene rings is 1. The highest BCUT2D eigenvalue weighted by molar-refractivity contribution is 6.05. The van der Waals surface area contributed by atoms with E-state index in [-0.39, 0.29) is 0 Å². The van der Waals surface area contributed by atoms with Gasteiger partial charge < -0.3 is 0 Å². The van der Waals surface area contributed by atoms with Crippen LogP contribution >= 0.6 is 0 Å². The zero-order valence-electron chi connectivity index (χ0n) is 19.3. The molecule has 0 aromatic heterocycles. The Morgan fingerprint density at radius 2 is 2.10 bits per heavy atom. The summed E-state index contributed by atoms with van der Waals surface area (Å²) in [4.78, 5) is 17.8. The highest BCUT2D eigenvalue weighted by Gasteiger charge is 2.29. The van der Waals surface area contributed by atoms with Crippen LogP contribution in [-0.2, 0) is 17.6 Å². The zero-order chi connectivity index (χ0) is 21.6. The summed E-state index contributed by atoms with van der Waals surface area (Å²) in [7, 11) is 0. The van der Waals surface area contributed by atoms with Gasteiger partial charge in [-0.3, -0.25) is 9.79 Å². The van der Waals surface area contributed by atoms with Gasteiger partial charge in [0.1, 0.15) is 5.78 Å². The predicted molar refractivity (Wildman–Crippen MR) is 131 cm³/mol. The Morgan fingerprint density at radius 1 is 1.19 bits per heavy atom.